The summed E-state index contributed by atoms with van der Waals surface area (Å²) in [6, 6.07) is 0. The Morgan fingerprint density at radius 1 is 1.31 bits per heavy atom. The van der Waals surface area contributed by atoms with Crippen LogP contribution in [0, 0.1) is 5.92 Å². The van der Waals surface area contributed by atoms with Crippen molar-refractivity contribution in [2.24, 2.45) is 5.92 Å². The molecule has 1 rings (SSSR count). The zero-order chi connectivity index (χ0) is 10.9. The quantitative estimate of drug-likeness (QED) is 0.541. The van der Waals surface area contributed by atoms with E-state index in [1.54, 1.807) is 6.92 Å². The van der Waals surface area contributed by atoms with Gasteiger partial charge in [0.1, 0.15) is 5.76 Å². The number of ether oxygens (including phenoxy) is 1. The summed E-state index contributed by atoms with van der Waals surface area (Å²) in [4.78, 5) is 10.7. The molecule has 0 fully saturated rings. The summed E-state index contributed by atoms with van der Waals surface area (Å²) in [5, 5.41) is 0. The van der Waals surface area contributed by atoms with E-state index in [1.807, 2.05) is 40.7 Å². The Morgan fingerprint density at radius 2 is 1.77 bits per heavy atom. The van der Waals surface area contributed by atoms with Gasteiger partial charge >= 0.3 is 5.97 Å². The smallest absolute Gasteiger partial charge is 0.314 e. The second-order valence-corrected chi connectivity index (χ2v) is 2.37. The third-order valence-electron chi connectivity index (χ3n) is 1.42. The van der Waals surface area contributed by atoms with Crippen LogP contribution < -0.4 is 0 Å². The third kappa shape index (κ3) is 6.38. The number of cyclic esters (lactones) is 1. The summed E-state index contributed by atoms with van der Waals surface area (Å²) in [6.07, 6.45) is 2.76. The summed E-state index contributed by atoms with van der Waals surface area (Å²) in [6.45, 7) is 11.7. The van der Waals surface area contributed by atoms with Crippen molar-refractivity contribution in [1.29, 1.82) is 0 Å². The first-order valence-corrected chi connectivity index (χ1v) is 5.08. The molecule has 0 saturated heterocycles. The summed E-state index contributed by atoms with van der Waals surface area (Å²) in [5.41, 5.74) is 0. The molecule has 2 heteroatoms. The minimum absolute atomic E-state index is 0.0497. The van der Waals surface area contributed by atoms with Gasteiger partial charge in [0.05, 0.1) is 5.92 Å². The van der Waals surface area contributed by atoms with E-state index in [-0.39, 0.29) is 11.9 Å². The van der Waals surface area contributed by atoms with E-state index in [1.165, 1.54) is 0 Å². The van der Waals surface area contributed by atoms with Crippen LogP contribution in [0.2, 0.25) is 0 Å². The van der Waals surface area contributed by atoms with Crippen LogP contribution in [0.1, 0.15) is 48.0 Å². The van der Waals surface area contributed by atoms with Crippen molar-refractivity contribution >= 4 is 5.97 Å². The van der Waals surface area contributed by atoms with E-state index < -0.39 is 0 Å². The van der Waals surface area contributed by atoms with Crippen molar-refractivity contribution in [3.8, 4) is 0 Å². The normalized spacial score (nSPS) is 19.7. The van der Waals surface area contributed by atoms with Crippen molar-refractivity contribution in [3.63, 3.8) is 0 Å². The van der Waals surface area contributed by atoms with E-state index in [2.05, 4.69) is 0 Å². The molecule has 0 N–H and O–H groups in total. The summed E-state index contributed by atoms with van der Waals surface area (Å²) in [7, 11) is 0. The van der Waals surface area contributed by atoms with Crippen LogP contribution in [0.4, 0.5) is 0 Å². The topological polar surface area (TPSA) is 26.3 Å². The minimum atomic E-state index is -0.102. The molecule has 1 unspecified atom stereocenters. The van der Waals surface area contributed by atoms with E-state index in [0.717, 1.165) is 12.2 Å². The number of esters is 1. The second-order valence-electron chi connectivity index (χ2n) is 2.37. The SMILES string of the molecule is CC.CC.CC1=CCC(C)C(=O)O1. The maximum absolute atomic E-state index is 10.7. The molecule has 1 aliphatic rings. The van der Waals surface area contributed by atoms with E-state index >= 15 is 0 Å². The van der Waals surface area contributed by atoms with Crippen LogP contribution in [0.25, 0.3) is 0 Å². The fourth-order valence-corrected chi connectivity index (χ4v) is 0.740. The van der Waals surface area contributed by atoms with Gasteiger partial charge in [-0.25, -0.2) is 0 Å². The first-order valence-electron chi connectivity index (χ1n) is 5.08. The lowest BCUT2D eigenvalue weighted by Crippen LogP contribution is -2.17. The van der Waals surface area contributed by atoms with Gasteiger partial charge < -0.3 is 4.74 Å². The molecule has 0 spiro atoms. The molecule has 0 saturated carbocycles. The van der Waals surface area contributed by atoms with Gasteiger partial charge in [-0.1, -0.05) is 34.6 Å². The van der Waals surface area contributed by atoms with Crippen molar-refractivity contribution in [3.05, 3.63) is 11.8 Å². The fraction of sp³-hybridized carbons (Fsp3) is 0.727. The fourth-order valence-electron chi connectivity index (χ4n) is 0.740. The molecule has 78 valence electrons. The molecule has 0 aliphatic carbocycles. The Balaban J connectivity index is 0. The first kappa shape index (κ1) is 14.7. The highest BCUT2D eigenvalue weighted by atomic mass is 16.5. The molecule has 0 aromatic heterocycles. The van der Waals surface area contributed by atoms with Crippen LogP contribution in [0.15, 0.2) is 11.8 Å². The average molecular weight is 186 g/mol. The number of hydrogen-bond donors (Lipinski definition) is 0. The maximum atomic E-state index is 10.7. The lowest BCUT2D eigenvalue weighted by Gasteiger charge is -2.14. The van der Waals surface area contributed by atoms with Crippen molar-refractivity contribution in [2.45, 2.75) is 48.0 Å². The minimum Gasteiger partial charge on any atom is -0.432 e. The Hall–Kier alpha value is -0.790. The molecule has 2 nitrogen and oxygen atoms in total. The second kappa shape index (κ2) is 9.30. The number of carbonyl (C=O) groups excluding carboxylic acids is 1. The Labute approximate surface area is 82.0 Å². The zero-order valence-corrected chi connectivity index (χ0v) is 9.68. The van der Waals surface area contributed by atoms with Gasteiger partial charge in [-0.05, 0) is 19.4 Å². The van der Waals surface area contributed by atoms with Gasteiger partial charge in [-0.15, -0.1) is 0 Å². The molecule has 1 atom stereocenters. The largest absolute Gasteiger partial charge is 0.432 e. The number of allylic oxidation sites excluding steroid dienone is 2. The summed E-state index contributed by atoms with van der Waals surface area (Å²) in [5.74, 6) is 0.682. The summed E-state index contributed by atoms with van der Waals surface area (Å²) < 4.78 is 4.82. The van der Waals surface area contributed by atoms with Gasteiger partial charge in [-0.3, -0.25) is 4.79 Å². The highest BCUT2D eigenvalue weighted by Gasteiger charge is 2.17. The van der Waals surface area contributed by atoms with E-state index in [0.29, 0.717) is 0 Å². The maximum Gasteiger partial charge on any atom is 0.314 e. The van der Waals surface area contributed by atoms with Crippen molar-refractivity contribution in [2.75, 3.05) is 0 Å². The lowest BCUT2D eigenvalue weighted by molar-refractivity contribution is -0.144. The van der Waals surface area contributed by atoms with E-state index in [4.69, 9.17) is 4.74 Å². The zero-order valence-electron chi connectivity index (χ0n) is 9.68. The Kier molecular flexibility index (Phi) is 10.5. The van der Waals surface area contributed by atoms with Crippen molar-refractivity contribution < 1.29 is 9.53 Å². The monoisotopic (exact) mass is 186 g/mol. The Bertz CT molecular complexity index is 159. The number of hydrogen-bond acceptors (Lipinski definition) is 2. The number of carbonyl (C=O) groups is 1. The number of rotatable bonds is 0. The molecule has 1 aliphatic heterocycles. The molecule has 0 radical (unpaired) electrons. The molecule has 0 aromatic carbocycles. The predicted octanol–water partition coefficient (Wildman–Crippen LogP) is 3.53. The third-order valence-corrected chi connectivity index (χ3v) is 1.42. The average Bonchev–Trinajstić information content (AvgIpc) is 2.18. The molecule has 1 heterocycles. The van der Waals surface area contributed by atoms with Gasteiger partial charge in [0, 0.05) is 0 Å². The summed E-state index contributed by atoms with van der Waals surface area (Å²) >= 11 is 0. The molecule has 0 amide bonds. The highest BCUT2D eigenvalue weighted by molar-refractivity contribution is 5.74. The molecule has 0 bridgehead atoms. The Morgan fingerprint density at radius 3 is 2.08 bits per heavy atom. The van der Waals surface area contributed by atoms with Crippen molar-refractivity contribution in [1.82, 2.24) is 0 Å². The van der Waals surface area contributed by atoms with Gasteiger partial charge in [0.2, 0.25) is 0 Å². The molecular weight excluding hydrogens is 164 g/mol. The van der Waals surface area contributed by atoms with Crippen LogP contribution in [-0.2, 0) is 9.53 Å². The van der Waals surface area contributed by atoms with Crippen LogP contribution in [0.3, 0.4) is 0 Å². The molecule has 13 heavy (non-hydrogen) atoms. The van der Waals surface area contributed by atoms with E-state index in [9.17, 15) is 4.79 Å². The first-order chi connectivity index (χ1) is 6.20. The predicted molar refractivity (Wildman–Crippen MR) is 56.3 cm³/mol. The van der Waals surface area contributed by atoms with Crippen LogP contribution >= 0.6 is 0 Å². The molecule has 0 aromatic rings. The van der Waals surface area contributed by atoms with Gasteiger partial charge in [0.25, 0.3) is 0 Å². The van der Waals surface area contributed by atoms with Crippen LogP contribution in [0.5, 0.6) is 0 Å². The van der Waals surface area contributed by atoms with Gasteiger partial charge in [-0.2, -0.15) is 0 Å². The van der Waals surface area contributed by atoms with Crippen LogP contribution in [-0.4, -0.2) is 5.97 Å². The highest BCUT2D eigenvalue weighted by Crippen LogP contribution is 2.15. The van der Waals surface area contributed by atoms with Gasteiger partial charge in [0.15, 0.2) is 0 Å². The molecular formula is C11H22O2. The lowest BCUT2D eigenvalue weighted by atomic mass is 10.1. The standard InChI is InChI=1S/C7H10O2.2C2H6/c1-5-3-4-6(2)9-7(5)8;2*1-2/h4-5H,3H2,1-2H3;2*1-2H3.